The number of anilines is 1. The molecule has 2 aromatic rings. The minimum absolute atomic E-state index is 0.00721. The molecule has 0 radical (unpaired) electrons. The Hall–Kier alpha value is -1.64. The maximum atomic E-state index is 12.9. The van der Waals surface area contributed by atoms with Crippen molar-refractivity contribution >= 4 is 44.8 Å². The van der Waals surface area contributed by atoms with Gasteiger partial charge in [-0.05, 0) is 49.2 Å². The van der Waals surface area contributed by atoms with Gasteiger partial charge in [-0.3, -0.25) is 9.69 Å². The Balaban J connectivity index is 1.59. The van der Waals surface area contributed by atoms with E-state index in [0.29, 0.717) is 18.1 Å². The number of benzene rings is 2. The molecule has 156 valence electrons. The Bertz CT molecular complexity index is 1020. The minimum Gasteiger partial charge on any atom is -0.325 e. The van der Waals surface area contributed by atoms with Crippen LogP contribution < -0.4 is 5.32 Å². The van der Waals surface area contributed by atoms with Gasteiger partial charge in [0.2, 0.25) is 15.9 Å². The molecule has 3 rings (SSSR count). The van der Waals surface area contributed by atoms with Gasteiger partial charge < -0.3 is 5.32 Å². The van der Waals surface area contributed by atoms with E-state index < -0.39 is 10.0 Å². The van der Waals surface area contributed by atoms with E-state index >= 15 is 0 Å². The van der Waals surface area contributed by atoms with Crippen LogP contribution >= 0.6 is 23.2 Å². The van der Waals surface area contributed by atoms with E-state index in [1.165, 1.54) is 16.4 Å². The first-order valence-corrected chi connectivity index (χ1v) is 11.4. The van der Waals surface area contributed by atoms with Crippen LogP contribution in [0.25, 0.3) is 0 Å². The zero-order valence-electron chi connectivity index (χ0n) is 16.3. The zero-order valence-corrected chi connectivity index (χ0v) is 18.6. The lowest BCUT2D eigenvalue weighted by Gasteiger charge is -2.33. The van der Waals surface area contributed by atoms with Crippen molar-refractivity contribution in [2.45, 2.75) is 18.7 Å². The molecule has 1 fully saturated rings. The fraction of sp³-hybridized carbons (Fsp3) is 0.350. The van der Waals surface area contributed by atoms with Crippen LogP contribution in [0.1, 0.15) is 11.1 Å². The summed E-state index contributed by atoms with van der Waals surface area (Å²) in [5, 5.41) is 3.39. The summed E-state index contributed by atoms with van der Waals surface area (Å²) in [6.07, 6.45) is 0. The first kappa shape index (κ1) is 22.1. The second kappa shape index (κ2) is 9.02. The first-order valence-electron chi connectivity index (χ1n) is 9.22. The number of sulfonamides is 1. The second-order valence-electron chi connectivity index (χ2n) is 7.05. The van der Waals surface area contributed by atoms with E-state index in [0.717, 1.165) is 16.8 Å². The SMILES string of the molecule is Cc1cccc(NC(=O)CN2CCN(S(=O)(=O)c3cc(Cl)ccc3Cl)CC2)c1C. The molecule has 1 aliphatic heterocycles. The summed E-state index contributed by atoms with van der Waals surface area (Å²) >= 11 is 12.0. The molecule has 0 unspecified atom stereocenters. The molecule has 0 aromatic heterocycles. The molecule has 6 nitrogen and oxygen atoms in total. The molecule has 1 aliphatic rings. The molecular formula is C20H23Cl2N3O3S. The highest BCUT2D eigenvalue weighted by molar-refractivity contribution is 7.89. The third-order valence-electron chi connectivity index (χ3n) is 5.09. The number of piperazine rings is 1. The molecule has 0 aliphatic carbocycles. The van der Waals surface area contributed by atoms with Crippen LogP contribution in [-0.2, 0) is 14.8 Å². The Morgan fingerprint density at radius 1 is 1.07 bits per heavy atom. The molecule has 9 heteroatoms. The highest BCUT2D eigenvalue weighted by Gasteiger charge is 2.30. The number of aryl methyl sites for hydroxylation is 1. The largest absolute Gasteiger partial charge is 0.325 e. The fourth-order valence-corrected chi connectivity index (χ4v) is 5.38. The Morgan fingerprint density at radius 3 is 2.45 bits per heavy atom. The molecule has 1 heterocycles. The van der Waals surface area contributed by atoms with E-state index in [4.69, 9.17) is 23.2 Å². The number of hydrogen-bond acceptors (Lipinski definition) is 4. The van der Waals surface area contributed by atoms with E-state index in [2.05, 4.69) is 5.32 Å². The maximum Gasteiger partial charge on any atom is 0.244 e. The van der Waals surface area contributed by atoms with E-state index in [9.17, 15) is 13.2 Å². The van der Waals surface area contributed by atoms with Crippen molar-refractivity contribution in [3.8, 4) is 0 Å². The second-order valence-corrected chi connectivity index (χ2v) is 9.80. The van der Waals surface area contributed by atoms with Gasteiger partial charge >= 0.3 is 0 Å². The molecule has 2 aromatic carbocycles. The molecule has 29 heavy (non-hydrogen) atoms. The van der Waals surface area contributed by atoms with Gasteiger partial charge in [0.15, 0.2) is 0 Å². The molecule has 1 saturated heterocycles. The molecule has 0 saturated carbocycles. The quantitative estimate of drug-likeness (QED) is 0.747. The number of nitrogens with zero attached hydrogens (tertiary/aromatic N) is 2. The Morgan fingerprint density at radius 2 is 1.76 bits per heavy atom. The maximum absolute atomic E-state index is 12.9. The number of nitrogens with one attached hydrogen (secondary N) is 1. The van der Waals surface area contributed by atoms with Crippen LogP contribution in [0.3, 0.4) is 0 Å². The van der Waals surface area contributed by atoms with Crippen molar-refractivity contribution in [3.63, 3.8) is 0 Å². The number of carbonyl (C=O) groups excluding carboxylic acids is 1. The number of halogens is 2. The number of carbonyl (C=O) groups is 1. The lowest BCUT2D eigenvalue weighted by Crippen LogP contribution is -2.50. The predicted molar refractivity (Wildman–Crippen MR) is 116 cm³/mol. The fourth-order valence-electron chi connectivity index (χ4n) is 3.22. The topological polar surface area (TPSA) is 69.7 Å². The third-order valence-corrected chi connectivity index (χ3v) is 7.70. The van der Waals surface area contributed by atoms with E-state index in [-0.39, 0.29) is 35.5 Å². The van der Waals surface area contributed by atoms with Crippen LogP contribution in [-0.4, -0.2) is 56.3 Å². The van der Waals surface area contributed by atoms with E-state index in [1.807, 2.05) is 36.9 Å². The van der Waals surface area contributed by atoms with Gasteiger partial charge in [0.05, 0.1) is 11.6 Å². The lowest BCUT2D eigenvalue weighted by atomic mass is 10.1. The van der Waals surface area contributed by atoms with Crippen LogP contribution in [0.4, 0.5) is 5.69 Å². The molecule has 0 spiro atoms. The van der Waals surface area contributed by atoms with Crippen LogP contribution in [0, 0.1) is 13.8 Å². The normalized spacial score (nSPS) is 16.0. The summed E-state index contributed by atoms with van der Waals surface area (Å²) in [6.45, 7) is 5.64. The highest BCUT2D eigenvalue weighted by Crippen LogP contribution is 2.28. The monoisotopic (exact) mass is 455 g/mol. The van der Waals surface area contributed by atoms with Crippen molar-refractivity contribution in [1.82, 2.24) is 9.21 Å². The van der Waals surface area contributed by atoms with Gasteiger partial charge in [-0.25, -0.2) is 8.42 Å². The van der Waals surface area contributed by atoms with Crippen molar-refractivity contribution in [2.75, 3.05) is 38.0 Å². The molecule has 0 atom stereocenters. The standard InChI is InChI=1S/C20H23Cl2N3O3S/c1-14-4-3-5-18(15(14)2)23-20(26)13-24-8-10-25(11-9-24)29(27,28)19-12-16(21)6-7-17(19)22/h3-7,12H,8-11,13H2,1-2H3,(H,23,26). The van der Waals surface area contributed by atoms with Gasteiger partial charge in [-0.1, -0.05) is 35.3 Å². The Kier molecular flexibility index (Phi) is 6.86. The van der Waals surface area contributed by atoms with Gasteiger partial charge in [0.25, 0.3) is 0 Å². The summed E-state index contributed by atoms with van der Waals surface area (Å²) in [5.74, 6) is -0.118. The smallest absolute Gasteiger partial charge is 0.244 e. The third kappa shape index (κ3) is 5.10. The van der Waals surface area contributed by atoms with Crippen molar-refractivity contribution in [2.24, 2.45) is 0 Å². The van der Waals surface area contributed by atoms with Gasteiger partial charge in [0, 0.05) is 36.9 Å². The average molecular weight is 456 g/mol. The Labute approximate surface area is 181 Å². The van der Waals surface area contributed by atoms with Crippen molar-refractivity contribution in [1.29, 1.82) is 0 Å². The summed E-state index contributed by atoms with van der Waals surface area (Å²) in [6, 6.07) is 10.2. The van der Waals surface area contributed by atoms with Gasteiger partial charge in [0.1, 0.15) is 4.90 Å². The lowest BCUT2D eigenvalue weighted by molar-refractivity contribution is -0.117. The number of hydrogen-bond donors (Lipinski definition) is 1. The van der Waals surface area contributed by atoms with Gasteiger partial charge in [-0.15, -0.1) is 0 Å². The zero-order chi connectivity index (χ0) is 21.2. The van der Waals surface area contributed by atoms with Crippen molar-refractivity contribution in [3.05, 3.63) is 57.6 Å². The van der Waals surface area contributed by atoms with Crippen LogP contribution in [0.2, 0.25) is 10.0 Å². The van der Waals surface area contributed by atoms with E-state index in [1.54, 1.807) is 6.07 Å². The van der Waals surface area contributed by atoms with Crippen LogP contribution in [0.5, 0.6) is 0 Å². The average Bonchev–Trinajstić information content (AvgIpc) is 2.67. The van der Waals surface area contributed by atoms with Gasteiger partial charge in [-0.2, -0.15) is 4.31 Å². The summed E-state index contributed by atoms with van der Waals surface area (Å²) in [7, 11) is -3.74. The first-order chi connectivity index (χ1) is 13.7. The van der Waals surface area contributed by atoms with Crippen LogP contribution in [0.15, 0.2) is 41.3 Å². The van der Waals surface area contributed by atoms with Crippen molar-refractivity contribution < 1.29 is 13.2 Å². The number of rotatable bonds is 5. The summed E-state index contributed by atoms with van der Waals surface area (Å²) < 4.78 is 27.1. The molecule has 1 amide bonds. The molecular weight excluding hydrogens is 433 g/mol. The summed E-state index contributed by atoms with van der Waals surface area (Å²) in [5.41, 5.74) is 2.95. The number of amides is 1. The predicted octanol–water partition coefficient (Wildman–Crippen LogP) is 3.56. The minimum atomic E-state index is -3.74. The molecule has 0 bridgehead atoms. The highest BCUT2D eigenvalue weighted by atomic mass is 35.5. The molecule has 1 N–H and O–H groups in total. The summed E-state index contributed by atoms with van der Waals surface area (Å²) in [4.78, 5) is 14.4.